The van der Waals surface area contributed by atoms with Crippen LogP contribution in [-0.4, -0.2) is 29.1 Å². The average Bonchev–Trinajstić information content (AvgIpc) is 2.35. The molecule has 1 saturated heterocycles. The molecule has 2 atom stereocenters. The maximum absolute atomic E-state index is 10.3. The number of halogens is 1. The minimum atomic E-state index is -0.415. The Balaban J connectivity index is 2.02. The Labute approximate surface area is 115 Å². The number of hydrogen-bond donors (Lipinski definition) is 1. The molecule has 18 heavy (non-hydrogen) atoms. The Morgan fingerprint density at radius 2 is 2.22 bits per heavy atom. The lowest BCUT2D eigenvalue weighted by Gasteiger charge is -2.34. The van der Waals surface area contributed by atoms with Crippen molar-refractivity contribution in [2.45, 2.75) is 45.3 Å². The van der Waals surface area contributed by atoms with Crippen LogP contribution in [0.1, 0.15) is 43.4 Å². The van der Waals surface area contributed by atoms with E-state index in [2.05, 4.69) is 11.8 Å². The van der Waals surface area contributed by atoms with E-state index in [-0.39, 0.29) is 0 Å². The number of likely N-dealkylation sites (tertiary alicyclic amines) is 1. The SMILES string of the molecule is Cc1cc(C(O)CN2CCCCC2C)ccc1Cl. The molecule has 1 aromatic rings. The monoisotopic (exact) mass is 267 g/mol. The molecule has 0 radical (unpaired) electrons. The lowest BCUT2D eigenvalue weighted by Crippen LogP contribution is -2.40. The number of hydrogen-bond acceptors (Lipinski definition) is 2. The second kappa shape index (κ2) is 6.05. The van der Waals surface area contributed by atoms with Crippen molar-refractivity contribution in [1.29, 1.82) is 0 Å². The summed E-state index contributed by atoms with van der Waals surface area (Å²) in [5.74, 6) is 0. The van der Waals surface area contributed by atoms with Crippen LogP contribution < -0.4 is 0 Å². The summed E-state index contributed by atoms with van der Waals surface area (Å²) in [6.07, 6.45) is 3.39. The van der Waals surface area contributed by atoms with Crippen LogP contribution in [0.15, 0.2) is 18.2 Å². The zero-order valence-corrected chi connectivity index (χ0v) is 12.0. The molecule has 1 aliphatic rings. The summed E-state index contributed by atoms with van der Waals surface area (Å²) >= 11 is 6.01. The fourth-order valence-corrected chi connectivity index (χ4v) is 2.75. The molecule has 0 aliphatic carbocycles. The van der Waals surface area contributed by atoms with E-state index in [1.54, 1.807) is 0 Å². The Morgan fingerprint density at radius 3 is 2.89 bits per heavy atom. The van der Waals surface area contributed by atoms with Crippen molar-refractivity contribution < 1.29 is 5.11 Å². The fourth-order valence-electron chi connectivity index (χ4n) is 2.63. The molecule has 2 rings (SSSR count). The van der Waals surface area contributed by atoms with Gasteiger partial charge in [-0.05, 0) is 50.4 Å². The standard InChI is InChI=1S/C15H22ClNO/c1-11-9-13(6-7-14(11)16)15(18)10-17-8-4-3-5-12(17)2/h6-7,9,12,15,18H,3-5,8,10H2,1-2H3. The number of piperidine rings is 1. The van der Waals surface area contributed by atoms with Crippen LogP contribution in [0.25, 0.3) is 0 Å². The number of aryl methyl sites for hydroxylation is 1. The summed E-state index contributed by atoms with van der Waals surface area (Å²) in [4.78, 5) is 2.39. The Morgan fingerprint density at radius 1 is 1.44 bits per heavy atom. The number of β-amino-alcohol motifs (C(OH)–C–C–N with tert-alkyl or cyclic N) is 1. The van der Waals surface area contributed by atoms with Gasteiger partial charge in [0.15, 0.2) is 0 Å². The van der Waals surface area contributed by atoms with Gasteiger partial charge in [-0.1, -0.05) is 30.2 Å². The Kier molecular flexibility index (Phi) is 4.66. The van der Waals surface area contributed by atoms with E-state index in [1.165, 1.54) is 19.3 Å². The zero-order chi connectivity index (χ0) is 13.1. The number of nitrogens with zero attached hydrogens (tertiary/aromatic N) is 1. The van der Waals surface area contributed by atoms with Crippen LogP contribution in [0.3, 0.4) is 0 Å². The van der Waals surface area contributed by atoms with Gasteiger partial charge in [0.2, 0.25) is 0 Å². The third kappa shape index (κ3) is 3.25. The van der Waals surface area contributed by atoms with Gasteiger partial charge in [0.1, 0.15) is 0 Å². The quantitative estimate of drug-likeness (QED) is 0.905. The van der Waals surface area contributed by atoms with Crippen molar-refractivity contribution in [3.8, 4) is 0 Å². The summed E-state index contributed by atoms with van der Waals surface area (Å²) in [5, 5.41) is 11.1. The van der Waals surface area contributed by atoms with Crippen molar-refractivity contribution in [2.24, 2.45) is 0 Å². The second-order valence-electron chi connectivity index (χ2n) is 5.36. The molecule has 1 heterocycles. The topological polar surface area (TPSA) is 23.5 Å². The number of rotatable bonds is 3. The van der Waals surface area contributed by atoms with Gasteiger partial charge in [0.25, 0.3) is 0 Å². The van der Waals surface area contributed by atoms with E-state index >= 15 is 0 Å². The van der Waals surface area contributed by atoms with Crippen molar-refractivity contribution >= 4 is 11.6 Å². The summed E-state index contributed by atoms with van der Waals surface area (Å²) in [6.45, 7) is 6.05. The molecule has 1 aromatic carbocycles. The lowest BCUT2D eigenvalue weighted by molar-refractivity contribution is 0.0732. The van der Waals surface area contributed by atoms with Gasteiger partial charge < -0.3 is 5.11 Å². The molecule has 0 aromatic heterocycles. The predicted octanol–water partition coefficient (Wildman–Crippen LogP) is 3.56. The first-order valence-electron chi connectivity index (χ1n) is 6.76. The number of aliphatic hydroxyl groups excluding tert-OH is 1. The van der Waals surface area contributed by atoms with E-state index in [0.717, 1.165) is 29.2 Å². The van der Waals surface area contributed by atoms with E-state index in [9.17, 15) is 5.11 Å². The molecule has 0 saturated carbocycles. The van der Waals surface area contributed by atoms with Crippen molar-refractivity contribution in [3.05, 3.63) is 34.3 Å². The van der Waals surface area contributed by atoms with Gasteiger partial charge in [0.05, 0.1) is 6.10 Å². The molecule has 0 amide bonds. The van der Waals surface area contributed by atoms with Crippen molar-refractivity contribution in [1.82, 2.24) is 4.90 Å². The van der Waals surface area contributed by atoms with Gasteiger partial charge in [0, 0.05) is 17.6 Å². The molecule has 3 heteroatoms. The van der Waals surface area contributed by atoms with E-state index < -0.39 is 6.10 Å². The Bertz CT molecular complexity index is 407. The molecular formula is C15H22ClNO. The molecule has 1 aliphatic heterocycles. The number of aliphatic hydroxyl groups is 1. The normalized spacial score (nSPS) is 23.0. The van der Waals surface area contributed by atoms with Gasteiger partial charge in [-0.2, -0.15) is 0 Å². The smallest absolute Gasteiger partial charge is 0.0917 e. The van der Waals surface area contributed by atoms with E-state index in [1.807, 2.05) is 25.1 Å². The summed E-state index contributed by atoms with van der Waals surface area (Å²) in [6, 6.07) is 6.37. The van der Waals surface area contributed by atoms with Crippen molar-refractivity contribution in [2.75, 3.05) is 13.1 Å². The highest BCUT2D eigenvalue weighted by Gasteiger charge is 2.21. The highest BCUT2D eigenvalue weighted by Crippen LogP contribution is 2.24. The molecule has 0 bridgehead atoms. The molecule has 1 N–H and O–H groups in total. The predicted molar refractivity (Wildman–Crippen MR) is 76.0 cm³/mol. The molecule has 2 nitrogen and oxygen atoms in total. The van der Waals surface area contributed by atoms with Crippen LogP contribution in [0, 0.1) is 6.92 Å². The minimum Gasteiger partial charge on any atom is -0.387 e. The third-order valence-electron chi connectivity index (χ3n) is 3.91. The molecule has 1 fully saturated rings. The van der Waals surface area contributed by atoms with Crippen LogP contribution in [0.4, 0.5) is 0 Å². The maximum Gasteiger partial charge on any atom is 0.0917 e. The average molecular weight is 268 g/mol. The van der Waals surface area contributed by atoms with Crippen LogP contribution in [0.2, 0.25) is 5.02 Å². The first-order valence-corrected chi connectivity index (χ1v) is 7.14. The van der Waals surface area contributed by atoms with Crippen LogP contribution in [-0.2, 0) is 0 Å². The fraction of sp³-hybridized carbons (Fsp3) is 0.600. The van der Waals surface area contributed by atoms with Gasteiger partial charge in [-0.15, -0.1) is 0 Å². The summed E-state index contributed by atoms with van der Waals surface area (Å²) < 4.78 is 0. The summed E-state index contributed by atoms with van der Waals surface area (Å²) in [7, 11) is 0. The molecule has 0 spiro atoms. The van der Waals surface area contributed by atoms with E-state index in [4.69, 9.17) is 11.6 Å². The first kappa shape index (κ1) is 13.9. The van der Waals surface area contributed by atoms with Gasteiger partial charge in [-0.25, -0.2) is 0 Å². The Hall–Kier alpha value is -0.570. The summed E-state index contributed by atoms with van der Waals surface area (Å²) in [5.41, 5.74) is 1.99. The molecular weight excluding hydrogens is 246 g/mol. The minimum absolute atomic E-state index is 0.415. The maximum atomic E-state index is 10.3. The van der Waals surface area contributed by atoms with Crippen LogP contribution >= 0.6 is 11.6 Å². The number of benzene rings is 1. The van der Waals surface area contributed by atoms with Crippen molar-refractivity contribution in [3.63, 3.8) is 0 Å². The third-order valence-corrected chi connectivity index (χ3v) is 4.34. The highest BCUT2D eigenvalue weighted by molar-refractivity contribution is 6.31. The first-order chi connectivity index (χ1) is 8.58. The van der Waals surface area contributed by atoms with E-state index in [0.29, 0.717) is 6.04 Å². The molecule has 2 unspecified atom stereocenters. The largest absolute Gasteiger partial charge is 0.387 e. The molecule has 100 valence electrons. The van der Waals surface area contributed by atoms with Gasteiger partial charge >= 0.3 is 0 Å². The van der Waals surface area contributed by atoms with Crippen LogP contribution in [0.5, 0.6) is 0 Å². The zero-order valence-electron chi connectivity index (χ0n) is 11.2. The lowest BCUT2D eigenvalue weighted by atomic mass is 10.0. The van der Waals surface area contributed by atoms with Gasteiger partial charge in [-0.3, -0.25) is 4.90 Å². The second-order valence-corrected chi connectivity index (χ2v) is 5.77. The highest BCUT2D eigenvalue weighted by atomic mass is 35.5.